The molecule has 2 unspecified atom stereocenters. The Kier molecular flexibility index (Phi) is 8.28. The van der Waals surface area contributed by atoms with Gasteiger partial charge in [-0.3, -0.25) is 4.79 Å². The normalized spacial score (nSPS) is 23.8. The third-order valence-electron chi connectivity index (χ3n) is 8.55. The molecule has 3 aliphatic heterocycles. The van der Waals surface area contributed by atoms with E-state index in [-0.39, 0.29) is 29.6 Å². The van der Waals surface area contributed by atoms with Crippen molar-refractivity contribution in [3.05, 3.63) is 70.8 Å². The van der Waals surface area contributed by atoms with Crippen LogP contribution in [0.25, 0.3) is 0 Å². The second-order valence-corrected chi connectivity index (χ2v) is 13.7. The van der Waals surface area contributed by atoms with E-state index in [4.69, 9.17) is 4.74 Å². The summed E-state index contributed by atoms with van der Waals surface area (Å²) in [5.41, 5.74) is 3.92. The Bertz CT molecular complexity index is 1250. The molecule has 0 spiro atoms. The van der Waals surface area contributed by atoms with Crippen LogP contribution in [0, 0.1) is 25.7 Å². The Morgan fingerprint density at radius 1 is 0.923 bits per heavy atom. The molecular weight excluding hydrogens is 514 g/mol. The number of sulfone groups is 1. The van der Waals surface area contributed by atoms with E-state index in [1.54, 1.807) is 0 Å². The van der Waals surface area contributed by atoms with Gasteiger partial charge in [0.2, 0.25) is 0 Å². The third-order valence-corrected chi connectivity index (χ3v) is 10.3. The molecule has 1 N–H and O–H groups in total. The topological polar surface area (TPSA) is 96.0 Å². The lowest BCUT2D eigenvalue weighted by molar-refractivity contribution is 0.0772. The number of likely N-dealkylation sites (tertiary alicyclic amines) is 2. The molecule has 3 aliphatic rings. The summed E-state index contributed by atoms with van der Waals surface area (Å²) in [6, 6.07) is 15.7. The van der Waals surface area contributed by atoms with Crippen LogP contribution in [0.5, 0.6) is 0 Å². The van der Waals surface area contributed by atoms with Crippen LogP contribution in [-0.4, -0.2) is 80.6 Å². The highest BCUT2D eigenvalue weighted by atomic mass is 32.2. The van der Waals surface area contributed by atoms with Crippen LogP contribution in [0.1, 0.15) is 52.4 Å². The molecule has 0 bridgehead atoms. The molecule has 5 rings (SSSR count). The molecule has 3 heterocycles. The van der Waals surface area contributed by atoms with E-state index in [1.807, 2.05) is 67.3 Å². The minimum absolute atomic E-state index is 0.0674. The first kappa shape index (κ1) is 27.6. The molecule has 8 nitrogen and oxygen atoms in total. The molecule has 210 valence electrons. The monoisotopic (exact) mass is 553 g/mol. The highest BCUT2D eigenvalue weighted by molar-refractivity contribution is 7.91. The number of carbonyl (C=O) groups is 2. The quantitative estimate of drug-likeness (QED) is 0.561. The van der Waals surface area contributed by atoms with Gasteiger partial charge >= 0.3 is 6.09 Å². The molecule has 3 atom stereocenters. The highest BCUT2D eigenvalue weighted by Crippen LogP contribution is 2.33. The first-order chi connectivity index (χ1) is 18.7. The Morgan fingerprint density at radius 2 is 1.54 bits per heavy atom. The minimum atomic E-state index is -3.01. The maximum Gasteiger partial charge on any atom is 0.407 e. The van der Waals surface area contributed by atoms with Gasteiger partial charge in [-0.2, -0.15) is 0 Å². The number of ether oxygens (including phenoxy) is 1. The molecule has 9 heteroatoms. The summed E-state index contributed by atoms with van der Waals surface area (Å²) < 4.78 is 29.0. The van der Waals surface area contributed by atoms with Crippen LogP contribution in [-0.2, 0) is 14.6 Å². The SMILES string of the molecule is Cc1cccc(C)c1C(=O)N1CC2CN(CCC(NC(=O)OC3CCS(=O)(=O)CC3)c3ccccc3)C[C@H]2C1. The first-order valence-corrected chi connectivity index (χ1v) is 15.8. The summed E-state index contributed by atoms with van der Waals surface area (Å²) in [7, 11) is -3.01. The van der Waals surface area contributed by atoms with Gasteiger partial charge in [-0.25, -0.2) is 13.2 Å². The van der Waals surface area contributed by atoms with Crippen molar-refractivity contribution < 1.29 is 22.7 Å². The number of nitrogens with zero attached hydrogens (tertiary/aromatic N) is 2. The number of nitrogens with one attached hydrogen (secondary N) is 1. The van der Waals surface area contributed by atoms with Gasteiger partial charge in [0.05, 0.1) is 17.5 Å². The van der Waals surface area contributed by atoms with Gasteiger partial charge in [0.15, 0.2) is 9.84 Å². The average Bonchev–Trinajstić information content (AvgIpc) is 3.47. The number of rotatable bonds is 7. The third kappa shape index (κ3) is 6.64. The predicted octanol–water partition coefficient (Wildman–Crippen LogP) is 3.74. The Balaban J connectivity index is 1.14. The lowest BCUT2D eigenvalue weighted by atomic mass is 10.0. The summed E-state index contributed by atoms with van der Waals surface area (Å²) in [5.74, 6) is 1.22. The summed E-state index contributed by atoms with van der Waals surface area (Å²) in [6.07, 6.45) is 0.586. The van der Waals surface area contributed by atoms with E-state index in [9.17, 15) is 18.0 Å². The number of benzene rings is 2. The largest absolute Gasteiger partial charge is 0.446 e. The van der Waals surface area contributed by atoms with Gasteiger partial charge in [0.25, 0.3) is 5.91 Å². The molecule has 0 radical (unpaired) electrons. The fourth-order valence-corrected chi connectivity index (χ4v) is 7.83. The van der Waals surface area contributed by atoms with E-state index < -0.39 is 15.9 Å². The lowest BCUT2D eigenvalue weighted by Gasteiger charge is -2.26. The van der Waals surface area contributed by atoms with Gasteiger partial charge in [0.1, 0.15) is 6.10 Å². The molecule has 2 amide bonds. The Hall–Kier alpha value is -2.91. The molecule has 0 aromatic heterocycles. The number of hydrogen-bond donors (Lipinski definition) is 1. The van der Waals surface area contributed by atoms with E-state index in [1.165, 1.54) is 0 Å². The summed E-state index contributed by atoms with van der Waals surface area (Å²) in [6.45, 7) is 8.32. The molecule has 2 aromatic rings. The Morgan fingerprint density at radius 3 is 2.15 bits per heavy atom. The predicted molar refractivity (Wildman–Crippen MR) is 150 cm³/mol. The van der Waals surface area contributed by atoms with E-state index in [0.29, 0.717) is 24.7 Å². The van der Waals surface area contributed by atoms with Crippen LogP contribution in [0.3, 0.4) is 0 Å². The molecule has 3 saturated heterocycles. The molecule has 3 fully saturated rings. The van der Waals surface area contributed by atoms with Gasteiger partial charge < -0.3 is 19.9 Å². The maximum atomic E-state index is 13.3. The van der Waals surface area contributed by atoms with Crippen LogP contribution < -0.4 is 5.32 Å². The second-order valence-electron chi connectivity index (χ2n) is 11.4. The number of carbonyl (C=O) groups excluding carboxylic acids is 2. The van der Waals surface area contributed by atoms with Crippen molar-refractivity contribution in [3.63, 3.8) is 0 Å². The highest BCUT2D eigenvalue weighted by Gasteiger charge is 2.42. The van der Waals surface area contributed by atoms with Crippen molar-refractivity contribution in [1.29, 1.82) is 0 Å². The standard InChI is InChI=1S/C30H39N3O5S/c1-21-7-6-8-22(2)28(21)29(34)33-19-24-17-32(18-25(24)20-33)14-11-27(23-9-4-3-5-10-23)31-30(35)38-26-12-15-39(36,37)16-13-26/h3-10,24-27H,11-20H2,1-2H3,(H,31,35)/t24-,25?,27?/m0/s1. The molecule has 0 saturated carbocycles. The van der Waals surface area contributed by atoms with E-state index in [2.05, 4.69) is 10.2 Å². The van der Waals surface area contributed by atoms with Crippen molar-refractivity contribution in [3.8, 4) is 0 Å². The summed E-state index contributed by atoms with van der Waals surface area (Å²) in [4.78, 5) is 30.5. The zero-order valence-corrected chi connectivity index (χ0v) is 23.7. The van der Waals surface area contributed by atoms with Crippen molar-refractivity contribution in [1.82, 2.24) is 15.1 Å². The van der Waals surface area contributed by atoms with Crippen LogP contribution in [0.15, 0.2) is 48.5 Å². The number of hydrogen-bond acceptors (Lipinski definition) is 6. The van der Waals surface area contributed by atoms with Crippen LogP contribution in [0.2, 0.25) is 0 Å². The number of amides is 2. The minimum Gasteiger partial charge on any atom is -0.446 e. The number of alkyl carbamates (subject to hydrolysis) is 1. The van der Waals surface area contributed by atoms with E-state index >= 15 is 0 Å². The van der Waals surface area contributed by atoms with E-state index in [0.717, 1.165) is 61.4 Å². The van der Waals surface area contributed by atoms with Crippen molar-refractivity contribution in [2.75, 3.05) is 44.2 Å². The smallest absolute Gasteiger partial charge is 0.407 e. The van der Waals surface area contributed by atoms with Gasteiger partial charge in [-0.1, -0.05) is 48.5 Å². The summed E-state index contributed by atoms with van der Waals surface area (Å²) in [5, 5.41) is 3.04. The molecule has 2 aromatic carbocycles. The average molecular weight is 554 g/mol. The van der Waals surface area contributed by atoms with Crippen molar-refractivity contribution >= 4 is 21.8 Å². The number of fused-ring (bicyclic) bond motifs is 1. The van der Waals surface area contributed by atoms with Crippen LogP contribution >= 0.6 is 0 Å². The molecular formula is C30H39N3O5S. The van der Waals surface area contributed by atoms with Crippen molar-refractivity contribution in [2.24, 2.45) is 11.8 Å². The molecule has 0 aliphatic carbocycles. The summed E-state index contributed by atoms with van der Waals surface area (Å²) >= 11 is 0. The van der Waals surface area contributed by atoms with Gasteiger partial charge in [0, 0.05) is 38.3 Å². The molecule has 39 heavy (non-hydrogen) atoms. The van der Waals surface area contributed by atoms with Gasteiger partial charge in [-0.15, -0.1) is 0 Å². The first-order valence-electron chi connectivity index (χ1n) is 14.0. The van der Waals surface area contributed by atoms with Crippen molar-refractivity contribution in [2.45, 2.75) is 45.3 Å². The fourth-order valence-electron chi connectivity index (χ4n) is 6.38. The maximum absolute atomic E-state index is 13.3. The zero-order chi connectivity index (χ0) is 27.6. The fraction of sp³-hybridized carbons (Fsp3) is 0.533. The second kappa shape index (κ2) is 11.7. The lowest BCUT2D eigenvalue weighted by Crippen LogP contribution is -2.38. The van der Waals surface area contributed by atoms with Crippen LogP contribution in [0.4, 0.5) is 4.79 Å². The zero-order valence-electron chi connectivity index (χ0n) is 22.8. The van der Waals surface area contributed by atoms with Gasteiger partial charge in [-0.05, 0) is 61.6 Å². The Labute approximate surface area is 231 Å². The number of aryl methyl sites for hydroxylation is 2.